The van der Waals surface area contributed by atoms with E-state index >= 15 is 0 Å². The second-order valence-corrected chi connectivity index (χ2v) is 1.79. The number of hydrogen-bond acceptors (Lipinski definition) is 5. The van der Waals surface area contributed by atoms with E-state index in [2.05, 4.69) is 10.2 Å². The van der Waals surface area contributed by atoms with Gasteiger partial charge in [0.15, 0.2) is 0 Å². The van der Waals surface area contributed by atoms with Crippen LogP contribution in [0.4, 0.5) is 0 Å². The Bertz CT molecular complexity index is 221. The van der Waals surface area contributed by atoms with E-state index in [0.717, 1.165) is 0 Å². The molecule has 12 heavy (non-hydrogen) atoms. The molecule has 0 bridgehead atoms. The number of ether oxygens (including phenoxy) is 1. The summed E-state index contributed by atoms with van der Waals surface area (Å²) in [5.41, 5.74) is 2.06. The van der Waals surface area contributed by atoms with Crippen molar-refractivity contribution >= 4 is 11.7 Å². The lowest BCUT2D eigenvalue weighted by atomic mass is 10.3. The molecular formula is C7H11N3O2. The number of carbonyl (C=O) groups excluding carboxylic acids is 1. The first kappa shape index (κ1) is 10.4. The second kappa shape index (κ2) is 6.11. The molecule has 0 aliphatic rings. The maximum Gasteiger partial charge on any atom is 0.355 e. The first-order valence-electron chi connectivity index (χ1n) is 3.18. The lowest BCUT2D eigenvalue weighted by Crippen LogP contribution is -2.13. The van der Waals surface area contributed by atoms with Crippen LogP contribution in [-0.2, 0) is 9.53 Å². The molecule has 66 valence electrons. The summed E-state index contributed by atoms with van der Waals surface area (Å²) >= 11 is 0. The highest BCUT2D eigenvalue weighted by molar-refractivity contribution is 6.39. The van der Waals surface area contributed by atoms with Gasteiger partial charge in [0.2, 0.25) is 0 Å². The van der Waals surface area contributed by atoms with Crippen LogP contribution in [0.3, 0.4) is 0 Å². The molecule has 0 unspecified atom stereocenters. The topological polar surface area (TPSA) is 88.2 Å². The van der Waals surface area contributed by atoms with Gasteiger partial charge in [0, 0.05) is 6.20 Å². The highest BCUT2D eigenvalue weighted by atomic mass is 16.5. The van der Waals surface area contributed by atoms with Crippen molar-refractivity contribution in [2.45, 2.75) is 0 Å². The van der Waals surface area contributed by atoms with Crippen LogP contribution in [0.15, 0.2) is 24.4 Å². The van der Waals surface area contributed by atoms with Gasteiger partial charge in [-0.2, -0.15) is 0 Å². The molecule has 5 heteroatoms. The molecule has 0 aliphatic carbocycles. The van der Waals surface area contributed by atoms with E-state index < -0.39 is 5.97 Å². The number of hydrogen-bond donors (Lipinski definition) is 3. The van der Waals surface area contributed by atoms with Gasteiger partial charge in [0.05, 0.1) is 7.11 Å². The van der Waals surface area contributed by atoms with Crippen molar-refractivity contribution in [2.75, 3.05) is 7.11 Å². The third-order valence-electron chi connectivity index (χ3n) is 0.972. The Morgan fingerprint density at radius 2 is 2.25 bits per heavy atom. The van der Waals surface area contributed by atoms with Gasteiger partial charge in [-0.3, -0.25) is 11.3 Å². The fraction of sp³-hybridized carbons (Fsp3) is 0.143. The Kier molecular flexibility index (Phi) is 5.29. The summed E-state index contributed by atoms with van der Waals surface area (Å²) < 4.78 is 4.29. The maximum atomic E-state index is 10.6. The molecular weight excluding hydrogens is 158 g/mol. The molecule has 0 spiro atoms. The average molecular weight is 169 g/mol. The molecule has 0 radical (unpaired) electrons. The SMILES string of the molecule is COC(=O)C(=N)/C=C\C=C\NN. The Hall–Kier alpha value is -1.62. The van der Waals surface area contributed by atoms with Crippen LogP contribution in [0, 0.1) is 5.41 Å². The van der Waals surface area contributed by atoms with E-state index in [9.17, 15) is 4.79 Å². The van der Waals surface area contributed by atoms with Crippen LogP contribution >= 0.6 is 0 Å². The van der Waals surface area contributed by atoms with Crippen LogP contribution in [0.5, 0.6) is 0 Å². The smallest absolute Gasteiger partial charge is 0.355 e. The molecule has 4 N–H and O–H groups in total. The van der Waals surface area contributed by atoms with E-state index in [1.165, 1.54) is 25.5 Å². The van der Waals surface area contributed by atoms with E-state index in [4.69, 9.17) is 11.3 Å². The van der Waals surface area contributed by atoms with Gasteiger partial charge >= 0.3 is 5.97 Å². The first-order chi connectivity index (χ1) is 5.72. The number of nitrogens with two attached hydrogens (primary N) is 1. The second-order valence-electron chi connectivity index (χ2n) is 1.79. The van der Waals surface area contributed by atoms with Crippen molar-refractivity contribution < 1.29 is 9.53 Å². The zero-order valence-electron chi connectivity index (χ0n) is 6.70. The molecule has 0 atom stereocenters. The summed E-state index contributed by atoms with van der Waals surface area (Å²) in [4.78, 5) is 10.6. The van der Waals surface area contributed by atoms with Gasteiger partial charge in [-0.15, -0.1) is 0 Å². The van der Waals surface area contributed by atoms with Crippen molar-refractivity contribution in [1.29, 1.82) is 5.41 Å². The molecule has 0 aromatic rings. The Balaban J connectivity index is 3.91. The molecule has 0 aromatic heterocycles. The van der Waals surface area contributed by atoms with Crippen molar-refractivity contribution in [3.8, 4) is 0 Å². The Labute approximate surface area is 70.4 Å². The van der Waals surface area contributed by atoms with Crippen molar-refractivity contribution in [3.05, 3.63) is 24.4 Å². The maximum absolute atomic E-state index is 10.6. The standard InChI is InChI=1S/C7H11N3O2/c1-12-7(11)6(8)4-2-3-5-10-9/h2-5,8,10H,9H2,1H3/b4-2-,5-3+,8-6?. The Morgan fingerprint density at radius 3 is 2.75 bits per heavy atom. The number of hydrazine groups is 1. The predicted molar refractivity (Wildman–Crippen MR) is 45.3 cm³/mol. The number of rotatable bonds is 4. The average Bonchev–Trinajstić information content (AvgIpc) is 2.10. The van der Waals surface area contributed by atoms with Crippen LogP contribution in [-0.4, -0.2) is 18.8 Å². The summed E-state index contributed by atoms with van der Waals surface area (Å²) in [6, 6.07) is 0. The van der Waals surface area contributed by atoms with Crippen LogP contribution in [0.2, 0.25) is 0 Å². The molecule has 0 saturated heterocycles. The van der Waals surface area contributed by atoms with Gasteiger partial charge in [0.1, 0.15) is 5.71 Å². The van der Waals surface area contributed by atoms with Crippen LogP contribution < -0.4 is 11.3 Å². The van der Waals surface area contributed by atoms with E-state index in [-0.39, 0.29) is 5.71 Å². The van der Waals surface area contributed by atoms with Crippen molar-refractivity contribution in [1.82, 2.24) is 5.43 Å². The van der Waals surface area contributed by atoms with Crippen molar-refractivity contribution in [3.63, 3.8) is 0 Å². The van der Waals surface area contributed by atoms with E-state index in [0.29, 0.717) is 0 Å². The number of allylic oxidation sites excluding steroid dienone is 2. The first-order valence-corrected chi connectivity index (χ1v) is 3.18. The summed E-state index contributed by atoms with van der Waals surface area (Å²) in [5.74, 6) is 4.25. The van der Waals surface area contributed by atoms with Gasteiger partial charge in [-0.25, -0.2) is 4.79 Å². The molecule has 0 aliphatic heterocycles. The summed E-state index contributed by atoms with van der Waals surface area (Å²) in [7, 11) is 1.22. The van der Waals surface area contributed by atoms with Crippen molar-refractivity contribution in [2.24, 2.45) is 5.84 Å². The fourth-order valence-electron chi connectivity index (χ4n) is 0.441. The molecule has 0 aromatic carbocycles. The number of nitrogens with one attached hydrogen (secondary N) is 2. The predicted octanol–water partition coefficient (Wildman–Crippen LogP) is -0.288. The minimum Gasteiger partial charge on any atom is -0.464 e. The number of esters is 1. The molecule has 0 amide bonds. The van der Waals surface area contributed by atoms with Gasteiger partial charge in [0.25, 0.3) is 0 Å². The van der Waals surface area contributed by atoms with Gasteiger partial charge < -0.3 is 10.2 Å². The Morgan fingerprint density at radius 1 is 1.58 bits per heavy atom. The molecule has 0 heterocycles. The minimum atomic E-state index is -0.666. The molecule has 0 saturated carbocycles. The quantitative estimate of drug-likeness (QED) is 0.177. The summed E-state index contributed by atoms with van der Waals surface area (Å²) in [6.45, 7) is 0. The summed E-state index contributed by atoms with van der Waals surface area (Å²) in [5, 5.41) is 7.08. The van der Waals surface area contributed by atoms with Gasteiger partial charge in [-0.1, -0.05) is 6.08 Å². The third kappa shape index (κ3) is 4.24. The van der Waals surface area contributed by atoms with E-state index in [1.807, 2.05) is 0 Å². The highest BCUT2D eigenvalue weighted by Crippen LogP contribution is 1.83. The highest BCUT2D eigenvalue weighted by Gasteiger charge is 2.02. The molecule has 5 nitrogen and oxygen atoms in total. The largest absolute Gasteiger partial charge is 0.464 e. The van der Waals surface area contributed by atoms with Crippen LogP contribution in [0.25, 0.3) is 0 Å². The van der Waals surface area contributed by atoms with Gasteiger partial charge in [-0.05, 0) is 12.2 Å². The molecule has 0 fully saturated rings. The third-order valence-corrected chi connectivity index (χ3v) is 0.972. The molecule has 0 rings (SSSR count). The summed E-state index contributed by atoms with van der Waals surface area (Å²) in [6.07, 6.45) is 5.82. The van der Waals surface area contributed by atoms with Crippen LogP contribution in [0.1, 0.15) is 0 Å². The zero-order valence-corrected chi connectivity index (χ0v) is 6.70. The van der Waals surface area contributed by atoms with E-state index in [1.54, 1.807) is 6.08 Å². The lowest BCUT2D eigenvalue weighted by Gasteiger charge is -1.92. The minimum absolute atomic E-state index is 0.209. The fourth-order valence-corrected chi connectivity index (χ4v) is 0.441. The lowest BCUT2D eigenvalue weighted by molar-refractivity contribution is -0.132. The zero-order chi connectivity index (χ0) is 9.40. The number of methoxy groups -OCH3 is 1. The normalized spacial score (nSPS) is 10.5. The number of carbonyl (C=O) groups is 1. The monoisotopic (exact) mass is 169 g/mol.